The van der Waals surface area contributed by atoms with E-state index in [1.165, 1.54) is 25.2 Å². The average Bonchev–Trinajstić information content (AvgIpc) is 2.89. The number of piperidine rings is 1. The molecule has 0 spiro atoms. The number of amides is 2. The summed E-state index contributed by atoms with van der Waals surface area (Å²) in [4.78, 5) is 27.5. The normalized spacial score (nSPS) is 21.0. The second-order valence-electron chi connectivity index (χ2n) is 7.27. The van der Waals surface area contributed by atoms with E-state index in [-0.39, 0.29) is 22.1 Å². The van der Waals surface area contributed by atoms with E-state index in [9.17, 15) is 18.0 Å². The number of benzene rings is 1. The van der Waals surface area contributed by atoms with Gasteiger partial charge in [0.25, 0.3) is 11.8 Å². The van der Waals surface area contributed by atoms with Crippen molar-refractivity contribution in [1.29, 1.82) is 0 Å². The highest BCUT2D eigenvalue weighted by atomic mass is 32.2. The Bertz CT molecular complexity index is 837. The van der Waals surface area contributed by atoms with Crippen molar-refractivity contribution in [2.24, 2.45) is 0 Å². The Kier molecular flexibility index (Phi) is 5.98. The maximum atomic E-state index is 12.7. The van der Waals surface area contributed by atoms with Crippen molar-refractivity contribution in [3.63, 3.8) is 0 Å². The third-order valence-electron chi connectivity index (χ3n) is 5.43. The SMILES string of the molecule is CCCCN1CCCCC1CNS(=O)(=O)c1ccc2c(c1)C(=O)N(C)C2=O. The van der Waals surface area contributed by atoms with E-state index in [4.69, 9.17) is 0 Å². The Balaban J connectivity index is 1.72. The minimum Gasteiger partial charge on any atom is -0.299 e. The molecule has 1 unspecified atom stereocenters. The van der Waals surface area contributed by atoms with Crippen LogP contribution in [0.15, 0.2) is 23.1 Å². The number of hydrogen-bond donors (Lipinski definition) is 1. The number of imide groups is 1. The number of fused-ring (bicyclic) bond motifs is 1. The van der Waals surface area contributed by atoms with E-state index in [2.05, 4.69) is 16.5 Å². The zero-order valence-corrected chi connectivity index (χ0v) is 16.7. The topological polar surface area (TPSA) is 86.8 Å². The third kappa shape index (κ3) is 4.07. The minimum absolute atomic E-state index is 0.0219. The van der Waals surface area contributed by atoms with Crippen LogP contribution in [0.2, 0.25) is 0 Å². The molecule has 2 heterocycles. The average molecular weight is 394 g/mol. The molecule has 0 aliphatic carbocycles. The molecule has 1 aromatic rings. The molecule has 2 amide bonds. The van der Waals surface area contributed by atoms with Gasteiger partial charge in [-0.25, -0.2) is 13.1 Å². The standard InChI is InChI=1S/C19H27N3O4S/c1-3-4-10-22-11-6-5-7-14(22)13-20-27(25,26)15-8-9-16-17(12-15)19(24)21(2)18(16)23/h8-9,12,14,20H,3-7,10-11,13H2,1-2H3. The maximum Gasteiger partial charge on any atom is 0.261 e. The summed E-state index contributed by atoms with van der Waals surface area (Å²) < 4.78 is 28.2. The highest BCUT2D eigenvalue weighted by Gasteiger charge is 2.34. The fourth-order valence-corrected chi connectivity index (χ4v) is 4.84. The molecule has 7 nitrogen and oxygen atoms in total. The van der Waals surface area contributed by atoms with Gasteiger partial charge in [0.2, 0.25) is 10.0 Å². The number of hydrogen-bond acceptors (Lipinski definition) is 5. The Morgan fingerprint density at radius 1 is 1.15 bits per heavy atom. The van der Waals surface area contributed by atoms with E-state index < -0.39 is 21.8 Å². The number of sulfonamides is 1. The summed E-state index contributed by atoms with van der Waals surface area (Å²) in [6.07, 6.45) is 5.47. The zero-order valence-electron chi connectivity index (χ0n) is 15.9. The highest BCUT2D eigenvalue weighted by molar-refractivity contribution is 7.89. The lowest BCUT2D eigenvalue weighted by molar-refractivity contribution is 0.0693. The minimum atomic E-state index is -3.74. The molecule has 0 saturated carbocycles. The fraction of sp³-hybridized carbons (Fsp3) is 0.579. The van der Waals surface area contributed by atoms with Crippen LogP contribution in [0.4, 0.5) is 0 Å². The van der Waals surface area contributed by atoms with Crippen molar-refractivity contribution in [2.45, 2.75) is 50.0 Å². The van der Waals surface area contributed by atoms with Gasteiger partial charge in [0.15, 0.2) is 0 Å². The van der Waals surface area contributed by atoms with Crippen LogP contribution < -0.4 is 4.72 Å². The molecule has 1 fully saturated rings. The Morgan fingerprint density at radius 3 is 2.63 bits per heavy atom. The number of carbonyl (C=O) groups excluding carboxylic acids is 2. The van der Waals surface area contributed by atoms with Crippen molar-refractivity contribution >= 4 is 21.8 Å². The second-order valence-corrected chi connectivity index (χ2v) is 9.03. The lowest BCUT2D eigenvalue weighted by Gasteiger charge is -2.35. The fourth-order valence-electron chi connectivity index (χ4n) is 3.74. The first-order chi connectivity index (χ1) is 12.8. The van der Waals surface area contributed by atoms with Gasteiger partial charge >= 0.3 is 0 Å². The number of carbonyl (C=O) groups is 2. The van der Waals surface area contributed by atoms with Gasteiger partial charge in [-0.15, -0.1) is 0 Å². The summed E-state index contributed by atoms with van der Waals surface area (Å²) in [5.41, 5.74) is 0.395. The van der Waals surface area contributed by atoms with Crippen molar-refractivity contribution in [3.8, 4) is 0 Å². The van der Waals surface area contributed by atoms with Crippen LogP contribution in [0.25, 0.3) is 0 Å². The first-order valence-corrected chi connectivity index (χ1v) is 11.0. The summed E-state index contributed by atoms with van der Waals surface area (Å²) >= 11 is 0. The molecule has 27 heavy (non-hydrogen) atoms. The maximum absolute atomic E-state index is 12.7. The molecule has 1 atom stereocenters. The number of unbranched alkanes of at least 4 members (excludes halogenated alkanes) is 1. The molecule has 0 bridgehead atoms. The van der Waals surface area contributed by atoms with Gasteiger partial charge in [0, 0.05) is 19.6 Å². The van der Waals surface area contributed by atoms with E-state index >= 15 is 0 Å². The molecule has 8 heteroatoms. The molecule has 1 N–H and O–H groups in total. The van der Waals surface area contributed by atoms with E-state index in [0.717, 1.165) is 50.1 Å². The second kappa shape index (κ2) is 8.08. The monoisotopic (exact) mass is 393 g/mol. The third-order valence-corrected chi connectivity index (χ3v) is 6.85. The molecule has 1 saturated heterocycles. The van der Waals surface area contributed by atoms with Crippen LogP contribution in [-0.2, 0) is 10.0 Å². The summed E-state index contributed by atoms with van der Waals surface area (Å²) in [6.45, 7) is 4.51. The van der Waals surface area contributed by atoms with E-state index in [1.807, 2.05) is 0 Å². The van der Waals surface area contributed by atoms with Gasteiger partial charge in [-0.1, -0.05) is 19.8 Å². The van der Waals surface area contributed by atoms with Crippen LogP contribution in [-0.4, -0.2) is 62.8 Å². The predicted octanol–water partition coefficient (Wildman–Crippen LogP) is 1.85. The van der Waals surface area contributed by atoms with E-state index in [0.29, 0.717) is 6.54 Å². The van der Waals surface area contributed by atoms with Crippen molar-refractivity contribution in [3.05, 3.63) is 29.3 Å². The van der Waals surface area contributed by atoms with Gasteiger partial charge in [-0.3, -0.25) is 19.4 Å². The molecule has 1 aromatic carbocycles. The van der Waals surface area contributed by atoms with Crippen molar-refractivity contribution in [2.75, 3.05) is 26.7 Å². The van der Waals surface area contributed by atoms with Gasteiger partial charge in [0.05, 0.1) is 16.0 Å². The first kappa shape index (κ1) is 20.0. The summed E-state index contributed by atoms with van der Waals surface area (Å²) in [5, 5.41) is 0. The summed E-state index contributed by atoms with van der Waals surface area (Å²) in [7, 11) is -2.35. The highest BCUT2D eigenvalue weighted by Crippen LogP contribution is 2.25. The Hall–Kier alpha value is -1.77. The quantitative estimate of drug-likeness (QED) is 0.715. The number of rotatable bonds is 7. The molecular weight excluding hydrogens is 366 g/mol. The van der Waals surface area contributed by atoms with Crippen LogP contribution in [0.1, 0.15) is 59.7 Å². The summed E-state index contributed by atoms with van der Waals surface area (Å²) in [5.74, 6) is -0.870. The number of nitrogens with one attached hydrogen (secondary N) is 1. The van der Waals surface area contributed by atoms with Gasteiger partial charge < -0.3 is 0 Å². The Morgan fingerprint density at radius 2 is 1.89 bits per heavy atom. The largest absolute Gasteiger partial charge is 0.299 e. The van der Waals surface area contributed by atoms with Crippen LogP contribution in [0, 0.1) is 0 Å². The summed E-state index contributed by atoms with van der Waals surface area (Å²) in [6, 6.07) is 4.31. The van der Waals surface area contributed by atoms with E-state index in [1.54, 1.807) is 0 Å². The molecule has 148 valence electrons. The smallest absolute Gasteiger partial charge is 0.261 e. The predicted molar refractivity (Wildman–Crippen MR) is 102 cm³/mol. The van der Waals surface area contributed by atoms with Crippen LogP contribution in [0.5, 0.6) is 0 Å². The molecule has 2 aliphatic rings. The first-order valence-electron chi connectivity index (χ1n) is 9.55. The van der Waals surface area contributed by atoms with Gasteiger partial charge in [0.1, 0.15) is 0 Å². The van der Waals surface area contributed by atoms with Gasteiger partial charge in [-0.2, -0.15) is 0 Å². The van der Waals surface area contributed by atoms with Gasteiger partial charge in [-0.05, 0) is 50.6 Å². The molecule has 0 aromatic heterocycles. The van der Waals surface area contributed by atoms with Crippen molar-refractivity contribution in [1.82, 2.24) is 14.5 Å². The molecule has 0 radical (unpaired) electrons. The Labute approximate surface area is 160 Å². The number of nitrogens with zero attached hydrogens (tertiary/aromatic N) is 2. The van der Waals surface area contributed by atoms with Crippen LogP contribution in [0.3, 0.4) is 0 Å². The van der Waals surface area contributed by atoms with Crippen molar-refractivity contribution < 1.29 is 18.0 Å². The lowest BCUT2D eigenvalue weighted by atomic mass is 10.0. The number of likely N-dealkylation sites (tertiary alicyclic amines) is 1. The van der Waals surface area contributed by atoms with Crippen LogP contribution >= 0.6 is 0 Å². The lowest BCUT2D eigenvalue weighted by Crippen LogP contribution is -2.46. The molecule has 3 rings (SSSR count). The molecular formula is C19H27N3O4S. The molecule has 2 aliphatic heterocycles. The zero-order chi connectivity index (χ0) is 19.6.